The number of nitrogens with zero attached hydrogens (tertiary/aromatic N) is 1. The molecule has 1 aromatic heterocycles. The van der Waals surface area contributed by atoms with E-state index in [1.807, 2.05) is 43.5 Å². The van der Waals surface area contributed by atoms with Crippen LogP contribution in [-0.2, 0) is 21.4 Å². The molecule has 194 valence electrons. The number of fused-ring (bicyclic) bond motifs is 2. The molecule has 0 unspecified atom stereocenters. The Morgan fingerprint density at radius 2 is 1.92 bits per heavy atom. The Kier molecular flexibility index (Phi) is 7.43. The van der Waals surface area contributed by atoms with Crippen LogP contribution in [0.5, 0.6) is 5.75 Å². The molecule has 2 aliphatic rings. The van der Waals surface area contributed by atoms with Crippen LogP contribution in [0, 0.1) is 12.8 Å². The maximum absolute atomic E-state index is 13.1. The molecule has 0 saturated heterocycles. The SMILES string of the molecule is COC(=O)C1(Nc2cccc(Cl)c2)CCC2(CC1)c1ccccc1C[C@@H]2CCCOc1ccncc1C. The number of aromatic nitrogens is 1. The number of methoxy groups -OCH3 is 1. The molecule has 5 nitrogen and oxygen atoms in total. The predicted octanol–water partition coefficient (Wildman–Crippen LogP) is 6.91. The fraction of sp³-hybridized carbons (Fsp3) is 0.419. The number of nitrogens with one attached hydrogen (secondary N) is 1. The van der Waals surface area contributed by atoms with Gasteiger partial charge in [-0.2, -0.15) is 0 Å². The number of hydrogen-bond donors (Lipinski definition) is 1. The van der Waals surface area contributed by atoms with Crippen molar-refractivity contribution in [2.75, 3.05) is 19.0 Å². The van der Waals surface area contributed by atoms with Crippen molar-refractivity contribution in [3.05, 3.63) is 88.7 Å². The molecule has 1 saturated carbocycles. The Hall–Kier alpha value is -3.05. The van der Waals surface area contributed by atoms with Gasteiger partial charge in [0.05, 0.1) is 13.7 Å². The molecular formula is C31H35ClN2O3. The molecule has 6 heteroatoms. The van der Waals surface area contributed by atoms with E-state index in [1.54, 1.807) is 6.20 Å². The number of rotatable bonds is 8. The highest BCUT2D eigenvalue weighted by atomic mass is 35.5. The van der Waals surface area contributed by atoms with Crippen LogP contribution in [0.2, 0.25) is 5.02 Å². The summed E-state index contributed by atoms with van der Waals surface area (Å²) in [5.74, 6) is 1.23. The van der Waals surface area contributed by atoms with Gasteiger partial charge in [-0.3, -0.25) is 4.98 Å². The van der Waals surface area contributed by atoms with Gasteiger partial charge in [0.15, 0.2) is 0 Å². The molecule has 37 heavy (non-hydrogen) atoms. The highest BCUT2D eigenvalue weighted by Crippen LogP contribution is 2.55. The minimum atomic E-state index is -0.755. The van der Waals surface area contributed by atoms with E-state index < -0.39 is 5.54 Å². The summed E-state index contributed by atoms with van der Waals surface area (Å²) in [7, 11) is 1.48. The van der Waals surface area contributed by atoms with Gasteiger partial charge in [0.2, 0.25) is 0 Å². The molecule has 1 spiro atoms. The van der Waals surface area contributed by atoms with E-state index in [0.29, 0.717) is 30.4 Å². The highest BCUT2D eigenvalue weighted by molar-refractivity contribution is 6.30. The Morgan fingerprint density at radius 3 is 2.68 bits per heavy atom. The van der Waals surface area contributed by atoms with E-state index in [9.17, 15) is 4.79 Å². The smallest absolute Gasteiger partial charge is 0.331 e. The monoisotopic (exact) mass is 518 g/mol. The summed E-state index contributed by atoms with van der Waals surface area (Å²) in [6.45, 7) is 2.72. The van der Waals surface area contributed by atoms with Crippen molar-refractivity contribution in [2.45, 2.75) is 62.8 Å². The molecule has 0 amide bonds. The molecular weight excluding hydrogens is 484 g/mol. The Bertz CT molecular complexity index is 1250. The molecule has 1 atom stereocenters. The van der Waals surface area contributed by atoms with Crippen molar-refractivity contribution in [3.63, 3.8) is 0 Å². The van der Waals surface area contributed by atoms with Crippen LogP contribution in [0.15, 0.2) is 67.0 Å². The van der Waals surface area contributed by atoms with Crippen LogP contribution in [0.3, 0.4) is 0 Å². The quantitative estimate of drug-likeness (QED) is 0.259. The largest absolute Gasteiger partial charge is 0.493 e. The van der Waals surface area contributed by atoms with E-state index in [1.165, 1.54) is 18.2 Å². The van der Waals surface area contributed by atoms with E-state index in [2.05, 4.69) is 34.6 Å². The maximum atomic E-state index is 13.1. The van der Waals surface area contributed by atoms with Crippen LogP contribution in [0.1, 0.15) is 55.2 Å². The fourth-order valence-electron chi connectivity index (χ4n) is 6.60. The fourth-order valence-corrected chi connectivity index (χ4v) is 6.79. The summed E-state index contributed by atoms with van der Waals surface area (Å²) in [6.07, 6.45) is 10.1. The lowest BCUT2D eigenvalue weighted by molar-refractivity contribution is -0.148. The van der Waals surface area contributed by atoms with E-state index in [4.69, 9.17) is 21.1 Å². The number of anilines is 1. The molecule has 0 aliphatic heterocycles. The third kappa shape index (κ3) is 5.06. The van der Waals surface area contributed by atoms with Crippen molar-refractivity contribution in [1.82, 2.24) is 4.98 Å². The van der Waals surface area contributed by atoms with E-state index in [-0.39, 0.29) is 11.4 Å². The number of hydrogen-bond acceptors (Lipinski definition) is 5. The molecule has 0 bridgehead atoms. The highest BCUT2D eigenvalue weighted by Gasteiger charge is 2.53. The van der Waals surface area contributed by atoms with E-state index in [0.717, 1.165) is 49.1 Å². The Morgan fingerprint density at radius 1 is 1.11 bits per heavy atom. The number of pyridine rings is 1. The predicted molar refractivity (Wildman–Crippen MR) is 147 cm³/mol. The standard InChI is InChI=1S/C31H35ClN2O3/c1-22-21-33-17-12-28(22)37-18-6-8-24-19-23-7-3-4-11-27(23)30(24)13-15-31(16-14-30,29(35)36-2)34-26-10-5-9-25(32)20-26/h3-5,7,9-12,17,20-21,24,34H,6,8,13-16,18-19H2,1-2H3/t24-,30?,31?/m0/s1. The molecule has 2 aromatic carbocycles. The Labute approximate surface area is 224 Å². The molecule has 1 heterocycles. The minimum Gasteiger partial charge on any atom is -0.493 e. The van der Waals surface area contributed by atoms with Crippen molar-refractivity contribution in [2.24, 2.45) is 5.92 Å². The first-order valence-corrected chi connectivity index (χ1v) is 13.6. The van der Waals surface area contributed by atoms with Gasteiger partial charge in [0.1, 0.15) is 11.3 Å². The summed E-state index contributed by atoms with van der Waals surface area (Å²) in [5.41, 5.74) is 4.14. The molecule has 0 radical (unpaired) electrons. The normalized spacial score (nSPS) is 24.5. The summed E-state index contributed by atoms with van der Waals surface area (Å²) in [4.78, 5) is 17.3. The zero-order valence-corrected chi connectivity index (χ0v) is 22.4. The number of benzene rings is 2. The van der Waals surface area contributed by atoms with Crippen molar-refractivity contribution in [1.29, 1.82) is 0 Å². The third-order valence-corrected chi connectivity index (χ3v) is 8.74. The second-order valence-electron chi connectivity index (χ2n) is 10.6. The summed E-state index contributed by atoms with van der Waals surface area (Å²) >= 11 is 6.23. The van der Waals surface area contributed by atoms with Crippen LogP contribution in [-0.4, -0.2) is 30.2 Å². The molecule has 3 aromatic rings. The number of carbonyl (C=O) groups excluding carboxylic acids is 1. The lowest BCUT2D eigenvalue weighted by Crippen LogP contribution is -2.53. The number of halogens is 1. The topological polar surface area (TPSA) is 60.5 Å². The average molecular weight is 519 g/mol. The van der Waals surface area contributed by atoms with Gasteiger partial charge in [-0.25, -0.2) is 4.79 Å². The van der Waals surface area contributed by atoms with Gasteiger partial charge < -0.3 is 14.8 Å². The van der Waals surface area contributed by atoms with Crippen molar-refractivity contribution >= 4 is 23.3 Å². The van der Waals surface area contributed by atoms with Crippen LogP contribution >= 0.6 is 11.6 Å². The number of esters is 1. The second-order valence-corrected chi connectivity index (χ2v) is 11.0. The third-order valence-electron chi connectivity index (χ3n) is 8.51. The van der Waals surface area contributed by atoms with Gasteiger partial charge in [-0.05, 0) is 98.6 Å². The van der Waals surface area contributed by atoms with Crippen LogP contribution < -0.4 is 10.1 Å². The van der Waals surface area contributed by atoms with Crippen LogP contribution in [0.25, 0.3) is 0 Å². The van der Waals surface area contributed by atoms with Gasteiger partial charge >= 0.3 is 5.97 Å². The van der Waals surface area contributed by atoms with Crippen molar-refractivity contribution in [3.8, 4) is 5.75 Å². The Balaban J connectivity index is 1.33. The first kappa shape index (κ1) is 25.6. The molecule has 1 fully saturated rings. The average Bonchev–Trinajstić information content (AvgIpc) is 3.21. The summed E-state index contributed by atoms with van der Waals surface area (Å²) < 4.78 is 11.4. The minimum absolute atomic E-state index is 0.0662. The van der Waals surface area contributed by atoms with Gasteiger partial charge in [-0.1, -0.05) is 41.9 Å². The van der Waals surface area contributed by atoms with Gasteiger partial charge in [0.25, 0.3) is 0 Å². The van der Waals surface area contributed by atoms with Gasteiger partial charge in [-0.15, -0.1) is 0 Å². The maximum Gasteiger partial charge on any atom is 0.331 e. The number of aryl methyl sites for hydroxylation is 1. The molecule has 2 aliphatic carbocycles. The lowest BCUT2D eigenvalue weighted by atomic mass is 9.60. The van der Waals surface area contributed by atoms with Crippen LogP contribution in [0.4, 0.5) is 5.69 Å². The number of carbonyl (C=O) groups is 1. The zero-order valence-electron chi connectivity index (χ0n) is 21.6. The summed E-state index contributed by atoms with van der Waals surface area (Å²) in [5, 5.41) is 4.17. The first-order chi connectivity index (χ1) is 18.0. The first-order valence-electron chi connectivity index (χ1n) is 13.2. The molecule has 1 N–H and O–H groups in total. The lowest BCUT2D eigenvalue weighted by Gasteiger charge is -2.47. The summed E-state index contributed by atoms with van der Waals surface area (Å²) in [6, 6.07) is 18.4. The number of ether oxygens (including phenoxy) is 2. The van der Waals surface area contributed by atoms with Crippen molar-refractivity contribution < 1.29 is 14.3 Å². The molecule has 5 rings (SSSR count). The zero-order chi connectivity index (χ0) is 25.9. The van der Waals surface area contributed by atoms with E-state index >= 15 is 0 Å². The second kappa shape index (κ2) is 10.7. The van der Waals surface area contributed by atoms with Gasteiger partial charge in [0, 0.05) is 28.7 Å².